The zero-order valence-corrected chi connectivity index (χ0v) is 13.8. The number of benzene rings is 2. The number of hydroxylamine groups is 1. The molecule has 0 radical (unpaired) electrons. The Hall–Kier alpha value is -3.36. The van der Waals surface area contributed by atoms with Crippen molar-refractivity contribution in [1.29, 1.82) is 0 Å². The number of likely N-dealkylation sites (N-methyl/N-ethyl adjacent to an activating group) is 1. The van der Waals surface area contributed by atoms with Crippen molar-refractivity contribution in [3.8, 4) is 11.8 Å². The summed E-state index contributed by atoms with van der Waals surface area (Å²) in [6.07, 6.45) is 3.27. The van der Waals surface area contributed by atoms with Gasteiger partial charge in [-0.3, -0.25) is 14.8 Å². The van der Waals surface area contributed by atoms with Gasteiger partial charge in [0.1, 0.15) is 0 Å². The van der Waals surface area contributed by atoms with E-state index in [9.17, 15) is 9.59 Å². The number of carbonyl (C=O) groups is 2. The minimum absolute atomic E-state index is 0.131. The number of hydrogen-bond donors (Lipinski definition) is 2. The van der Waals surface area contributed by atoms with Crippen molar-refractivity contribution in [2.45, 2.75) is 0 Å². The molecule has 0 aliphatic rings. The molecule has 0 fully saturated rings. The van der Waals surface area contributed by atoms with Gasteiger partial charge in [0.25, 0.3) is 5.91 Å². The van der Waals surface area contributed by atoms with E-state index in [0.717, 1.165) is 11.1 Å². The van der Waals surface area contributed by atoms with Crippen LogP contribution in [0.3, 0.4) is 0 Å². The van der Waals surface area contributed by atoms with Crippen LogP contribution in [0.1, 0.15) is 21.5 Å². The van der Waals surface area contributed by atoms with E-state index in [1.165, 1.54) is 11.0 Å². The van der Waals surface area contributed by atoms with Crippen molar-refractivity contribution in [3.05, 3.63) is 77.4 Å². The summed E-state index contributed by atoms with van der Waals surface area (Å²) in [4.78, 5) is 24.7. The summed E-state index contributed by atoms with van der Waals surface area (Å²) in [6, 6.07) is 16.1. The van der Waals surface area contributed by atoms with Gasteiger partial charge in [0.2, 0.25) is 5.91 Å². The first-order valence-electron chi connectivity index (χ1n) is 7.62. The summed E-state index contributed by atoms with van der Waals surface area (Å²) in [6.45, 7) is 0.289. The molecular weight excluding hydrogens is 316 g/mol. The molecule has 2 rings (SSSR count). The van der Waals surface area contributed by atoms with E-state index >= 15 is 0 Å². The lowest BCUT2D eigenvalue weighted by molar-refractivity contribution is -0.124. The minimum atomic E-state index is -0.574. The highest BCUT2D eigenvalue weighted by molar-refractivity contribution is 5.93. The van der Waals surface area contributed by atoms with Crippen LogP contribution in [-0.4, -0.2) is 35.5 Å². The Balaban J connectivity index is 1.90. The molecule has 0 aliphatic carbocycles. The van der Waals surface area contributed by atoms with Crippen LogP contribution in [0.5, 0.6) is 0 Å². The Morgan fingerprint density at radius 1 is 1.12 bits per heavy atom. The summed E-state index contributed by atoms with van der Waals surface area (Å²) >= 11 is 0. The number of nitrogens with zero attached hydrogens (tertiary/aromatic N) is 1. The quantitative estimate of drug-likeness (QED) is 0.390. The molecular formula is C20H18N2O3. The highest BCUT2D eigenvalue weighted by atomic mass is 16.5. The van der Waals surface area contributed by atoms with E-state index in [0.29, 0.717) is 5.56 Å². The second kappa shape index (κ2) is 9.06. The van der Waals surface area contributed by atoms with Gasteiger partial charge in [-0.2, -0.15) is 0 Å². The minimum Gasteiger partial charge on any atom is -0.331 e. The van der Waals surface area contributed by atoms with Crippen LogP contribution >= 0.6 is 0 Å². The summed E-state index contributed by atoms with van der Waals surface area (Å²) in [7, 11) is 1.68. The van der Waals surface area contributed by atoms with Crippen LogP contribution in [0, 0.1) is 11.8 Å². The summed E-state index contributed by atoms with van der Waals surface area (Å²) in [5.74, 6) is 5.14. The summed E-state index contributed by atoms with van der Waals surface area (Å²) in [5.41, 5.74) is 3.59. The van der Waals surface area contributed by atoms with E-state index in [2.05, 4.69) is 11.8 Å². The van der Waals surface area contributed by atoms with E-state index in [1.54, 1.807) is 42.9 Å². The van der Waals surface area contributed by atoms with Crippen LogP contribution in [0.2, 0.25) is 0 Å². The molecule has 126 valence electrons. The zero-order valence-electron chi connectivity index (χ0n) is 13.8. The van der Waals surface area contributed by atoms with Gasteiger partial charge in [0.05, 0.1) is 6.54 Å². The molecule has 5 heteroatoms. The first-order valence-corrected chi connectivity index (χ1v) is 7.62. The molecule has 2 aromatic rings. The Morgan fingerprint density at radius 3 is 2.44 bits per heavy atom. The molecule has 0 heterocycles. The SMILES string of the molecule is CN(CC#Cc1ccc(C(=O)NO)cc1)C(=O)C=Cc1ccccc1. The first-order chi connectivity index (χ1) is 12.1. The summed E-state index contributed by atoms with van der Waals surface area (Å²) < 4.78 is 0. The number of nitrogens with one attached hydrogen (secondary N) is 1. The van der Waals surface area contributed by atoms with Crippen molar-refractivity contribution in [2.24, 2.45) is 0 Å². The highest BCUT2D eigenvalue weighted by Crippen LogP contribution is 2.03. The fourth-order valence-electron chi connectivity index (χ4n) is 1.97. The normalized spacial score (nSPS) is 10.0. The number of hydrogen-bond acceptors (Lipinski definition) is 3. The van der Waals surface area contributed by atoms with Crippen molar-refractivity contribution in [2.75, 3.05) is 13.6 Å². The van der Waals surface area contributed by atoms with Gasteiger partial charge in [-0.15, -0.1) is 0 Å². The average Bonchev–Trinajstić information content (AvgIpc) is 2.66. The van der Waals surface area contributed by atoms with Crippen molar-refractivity contribution < 1.29 is 14.8 Å². The number of amides is 2. The largest absolute Gasteiger partial charge is 0.331 e. The van der Waals surface area contributed by atoms with Crippen LogP contribution in [0.25, 0.3) is 6.08 Å². The summed E-state index contributed by atoms with van der Waals surface area (Å²) in [5, 5.41) is 8.56. The molecule has 2 aromatic carbocycles. The molecule has 0 aliphatic heterocycles. The third kappa shape index (κ3) is 5.65. The molecule has 0 saturated heterocycles. The van der Waals surface area contributed by atoms with E-state index < -0.39 is 5.91 Å². The fraction of sp³-hybridized carbons (Fsp3) is 0.100. The van der Waals surface area contributed by atoms with Crippen LogP contribution < -0.4 is 5.48 Å². The molecule has 2 N–H and O–H groups in total. The molecule has 0 aromatic heterocycles. The molecule has 0 spiro atoms. The number of carbonyl (C=O) groups excluding carboxylic acids is 2. The third-order valence-electron chi connectivity index (χ3n) is 3.39. The highest BCUT2D eigenvalue weighted by Gasteiger charge is 2.03. The van der Waals surface area contributed by atoms with E-state index in [-0.39, 0.29) is 12.5 Å². The lowest BCUT2D eigenvalue weighted by Gasteiger charge is -2.10. The third-order valence-corrected chi connectivity index (χ3v) is 3.39. The van der Waals surface area contributed by atoms with Crippen molar-refractivity contribution in [3.63, 3.8) is 0 Å². The van der Waals surface area contributed by atoms with Gasteiger partial charge >= 0.3 is 0 Å². The van der Waals surface area contributed by atoms with E-state index in [1.807, 2.05) is 30.3 Å². The van der Waals surface area contributed by atoms with Gasteiger partial charge in [-0.25, -0.2) is 5.48 Å². The smallest absolute Gasteiger partial charge is 0.274 e. The molecule has 2 amide bonds. The standard InChI is InChI=1S/C20H18N2O3/c1-22(19(23)14-11-16-6-3-2-4-7-16)15-5-8-17-9-12-18(13-10-17)20(24)21-25/h2-4,6-7,9-14,25H,15H2,1H3,(H,21,24). The topological polar surface area (TPSA) is 69.6 Å². The van der Waals surface area contributed by atoms with Gasteiger partial charge in [0.15, 0.2) is 0 Å². The second-order valence-electron chi connectivity index (χ2n) is 5.26. The molecule has 5 nitrogen and oxygen atoms in total. The van der Waals surface area contributed by atoms with Crippen molar-refractivity contribution >= 4 is 17.9 Å². The number of rotatable bonds is 4. The maximum atomic E-state index is 12.0. The second-order valence-corrected chi connectivity index (χ2v) is 5.26. The van der Waals surface area contributed by atoms with Gasteiger partial charge in [-0.05, 0) is 35.9 Å². The first kappa shape index (κ1) is 18.0. The Bertz CT molecular complexity index is 816. The van der Waals surface area contributed by atoms with Gasteiger partial charge in [-0.1, -0.05) is 42.2 Å². The average molecular weight is 334 g/mol. The zero-order chi connectivity index (χ0) is 18.1. The van der Waals surface area contributed by atoms with Gasteiger partial charge in [0, 0.05) is 24.3 Å². The Kier molecular flexibility index (Phi) is 6.52. The lowest BCUT2D eigenvalue weighted by Crippen LogP contribution is -2.24. The molecule has 0 saturated carbocycles. The predicted octanol–water partition coefficient (Wildman–Crippen LogP) is 2.33. The molecule has 25 heavy (non-hydrogen) atoms. The predicted molar refractivity (Wildman–Crippen MR) is 95.7 cm³/mol. The van der Waals surface area contributed by atoms with Gasteiger partial charge < -0.3 is 4.90 Å². The fourth-order valence-corrected chi connectivity index (χ4v) is 1.97. The molecule has 0 bridgehead atoms. The molecule has 0 unspecified atom stereocenters. The Labute approximate surface area is 146 Å². The maximum absolute atomic E-state index is 12.0. The lowest BCUT2D eigenvalue weighted by atomic mass is 10.1. The van der Waals surface area contributed by atoms with E-state index in [4.69, 9.17) is 5.21 Å². The van der Waals surface area contributed by atoms with Crippen LogP contribution in [-0.2, 0) is 4.79 Å². The van der Waals surface area contributed by atoms with Crippen LogP contribution in [0.4, 0.5) is 0 Å². The van der Waals surface area contributed by atoms with Crippen molar-refractivity contribution in [1.82, 2.24) is 10.4 Å². The van der Waals surface area contributed by atoms with Crippen LogP contribution in [0.15, 0.2) is 60.7 Å². The molecule has 0 atom stereocenters. The maximum Gasteiger partial charge on any atom is 0.274 e. The Morgan fingerprint density at radius 2 is 1.80 bits per heavy atom. The monoisotopic (exact) mass is 334 g/mol.